The molecule has 0 saturated carbocycles. The number of carbonyl (C=O) groups is 2. The summed E-state index contributed by atoms with van der Waals surface area (Å²) in [5.41, 5.74) is 3.78. The largest absolute Gasteiger partial charge is 0.466 e. The minimum atomic E-state index is -0.515. The van der Waals surface area contributed by atoms with Gasteiger partial charge in [0.15, 0.2) is 0 Å². The molecule has 146 valence electrons. The molecule has 0 radical (unpaired) electrons. The molecule has 2 aromatic carbocycles. The van der Waals surface area contributed by atoms with Crippen LogP contribution in [0.4, 0.5) is 4.39 Å². The highest BCUT2D eigenvalue weighted by Crippen LogP contribution is 2.39. The first kappa shape index (κ1) is 19.8. The van der Waals surface area contributed by atoms with Crippen LogP contribution in [0.1, 0.15) is 42.4 Å². The number of benzene rings is 2. The van der Waals surface area contributed by atoms with E-state index < -0.39 is 17.7 Å². The Hall–Kier alpha value is -2.95. The molecule has 5 heteroatoms. The van der Waals surface area contributed by atoms with Crippen molar-refractivity contribution in [1.29, 1.82) is 0 Å². The van der Waals surface area contributed by atoms with Gasteiger partial charge in [0.1, 0.15) is 5.82 Å². The van der Waals surface area contributed by atoms with Crippen LogP contribution in [-0.4, -0.2) is 23.9 Å². The Morgan fingerprint density at radius 2 is 1.96 bits per heavy atom. The fourth-order valence-electron chi connectivity index (χ4n) is 3.78. The van der Waals surface area contributed by atoms with Gasteiger partial charge in [0.05, 0.1) is 19.2 Å². The number of aryl methyl sites for hydroxylation is 1. The SMILES string of the molecule is CCC1=C(C(=O)OC)C(c2cccc(F)c2)CC(=O)N1Cc1ccccc1C. The Morgan fingerprint density at radius 1 is 1.21 bits per heavy atom. The zero-order chi connectivity index (χ0) is 20.3. The fraction of sp³-hybridized carbons (Fsp3) is 0.304. The molecule has 0 spiro atoms. The van der Waals surface area contributed by atoms with Gasteiger partial charge in [-0.15, -0.1) is 0 Å². The predicted molar refractivity (Wildman–Crippen MR) is 105 cm³/mol. The number of esters is 1. The fourth-order valence-corrected chi connectivity index (χ4v) is 3.78. The van der Waals surface area contributed by atoms with Crippen LogP contribution in [0, 0.1) is 12.7 Å². The van der Waals surface area contributed by atoms with Crippen LogP contribution in [0.25, 0.3) is 0 Å². The molecule has 1 atom stereocenters. The predicted octanol–water partition coefficient (Wildman–Crippen LogP) is 4.49. The molecule has 0 aliphatic carbocycles. The van der Waals surface area contributed by atoms with Crippen molar-refractivity contribution in [1.82, 2.24) is 4.90 Å². The number of amides is 1. The van der Waals surface area contributed by atoms with Crippen molar-refractivity contribution < 1.29 is 18.7 Å². The van der Waals surface area contributed by atoms with Crippen LogP contribution in [0.2, 0.25) is 0 Å². The summed E-state index contributed by atoms with van der Waals surface area (Å²) in [6.45, 7) is 4.30. The maximum Gasteiger partial charge on any atom is 0.336 e. The van der Waals surface area contributed by atoms with Gasteiger partial charge in [-0.3, -0.25) is 4.79 Å². The second kappa shape index (κ2) is 8.38. The molecule has 28 heavy (non-hydrogen) atoms. The Labute approximate surface area is 164 Å². The lowest BCUT2D eigenvalue weighted by Crippen LogP contribution is -2.38. The normalized spacial score (nSPS) is 17.1. The third-order valence-corrected chi connectivity index (χ3v) is 5.25. The number of methoxy groups -OCH3 is 1. The summed E-state index contributed by atoms with van der Waals surface area (Å²) < 4.78 is 18.8. The summed E-state index contributed by atoms with van der Waals surface area (Å²) in [4.78, 5) is 27.4. The number of hydrogen-bond donors (Lipinski definition) is 0. The first-order valence-corrected chi connectivity index (χ1v) is 9.38. The maximum atomic E-state index is 13.8. The Balaban J connectivity index is 2.10. The molecule has 2 aromatic rings. The van der Waals surface area contributed by atoms with Crippen LogP contribution < -0.4 is 0 Å². The van der Waals surface area contributed by atoms with Gasteiger partial charge < -0.3 is 9.64 Å². The van der Waals surface area contributed by atoms with Crippen molar-refractivity contribution in [2.75, 3.05) is 7.11 Å². The van der Waals surface area contributed by atoms with Crippen LogP contribution in [0.15, 0.2) is 59.8 Å². The van der Waals surface area contributed by atoms with Gasteiger partial charge in [-0.1, -0.05) is 43.3 Å². The number of allylic oxidation sites excluding steroid dienone is 1. The third-order valence-electron chi connectivity index (χ3n) is 5.25. The lowest BCUT2D eigenvalue weighted by molar-refractivity contribution is -0.138. The van der Waals surface area contributed by atoms with Crippen LogP contribution in [0.3, 0.4) is 0 Å². The first-order chi connectivity index (χ1) is 13.5. The highest BCUT2D eigenvalue weighted by molar-refractivity contribution is 5.95. The lowest BCUT2D eigenvalue weighted by atomic mass is 9.82. The number of hydrogen-bond acceptors (Lipinski definition) is 3. The van der Waals surface area contributed by atoms with E-state index >= 15 is 0 Å². The van der Waals surface area contributed by atoms with E-state index in [1.807, 2.05) is 38.1 Å². The van der Waals surface area contributed by atoms with Crippen LogP contribution in [0.5, 0.6) is 0 Å². The average molecular weight is 381 g/mol. The Morgan fingerprint density at radius 3 is 2.61 bits per heavy atom. The van der Waals surface area contributed by atoms with Gasteiger partial charge in [-0.25, -0.2) is 9.18 Å². The lowest BCUT2D eigenvalue weighted by Gasteiger charge is -2.36. The molecule has 0 saturated heterocycles. The molecule has 0 aromatic heterocycles. The van der Waals surface area contributed by atoms with E-state index in [0.29, 0.717) is 29.8 Å². The molecule has 1 aliphatic heterocycles. The number of nitrogens with zero attached hydrogens (tertiary/aromatic N) is 1. The van der Waals surface area contributed by atoms with Crippen LogP contribution >= 0.6 is 0 Å². The summed E-state index contributed by atoms with van der Waals surface area (Å²) in [5, 5.41) is 0. The molecule has 0 bridgehead atoms. The van der Waals surface area contributed by atoms with Crippen LogP contribution in [-0.2, 0) is 20.9 Å². The van der Waals surface area contributed by atoms with Gasteiger partial charge in [-0.2, -0.15) is 0 Å². The van der Waals surface area contributed by atoms with Crippen molar-refractivity contribution in [3.05, 3.63) is 82.3 Å². The van der Waals surface area contributed by atoms with Crippen molar-refractivity contribution >= 4 is 11.9 Å². The van der Waals surface area contributed by atoms with Crippen molar-refractivity contribution in [2.24, 2.45) is 0 Å². The van der Waals surface area contributed by atoms with Crippen molar-refractivity contribution in [3.8, 4) is 0 Å². The summed E-state index contributed by atoms with van der Waals surface area (Å²) in [5.74, 6) is -1.47. The smallest absolute Gasteiger partial charge is 0.336 e. The summed E-state index contributed by atoms with van der Waals surface area (Å²) >= 11 is 0. The molecule has 4 nitrogen and oxygen atoms in total. The molecular formula is C23H24FNO3. The Bertz CT molecular complexity index is 935. The van der Waals surface area contributed by atoms with Crippen molar-refractivity contribution in [2.45, 2.75) is 39.2 Å². The summed E-state index contributed by atoms with van der Waals surface area (Å²) in [7, 11) is 1.33. The number of carbonyl (C=O) groups excluding carboxylic acids is 2. The summed E-state index contributed by atoms with van der Waals surface area (Å²) in [6.07, 6.45) is 0.594. The summed E-state index contributed by atoms with van der Waals surface area (Å²) in [6, 6.07) is 13.9. The van der Waals surface area contributed by atoms with E-state index in [1.165, 1.54) is 19.2 Å². The number of ether oxygens (including phenoxy) is 1. The number of rotatable bonds is 5. The minimum absolute atomic E-state index is 0.0815. The average Bonchev–Trinajstić information content (AvgIpc) is 2.69. The van der Waals surface area contributed by atoms with E-state index in [9.17, 15) is 14.0 Å². The molecule has 3 rings (SSSR count). The second-order valence-corrected chi connectivity index (χ2v) is 6.92. The first-order valence-electron chi connectivity index (χ1n) is 9.38. The molecule has 0 N–H and O–H groups in total. The van der Waals surface area contributed by atoms with Gasteiger partial charge >= 0.3 is 5.97 Å². The molecule has 1 aliphatic rings. The minimum Gasteiger partial charge on any atom is -0.466 e. The van der Waals surface area contributed by atoms with E-state index in [1.54, 1.807) is 17.0 Å². The molecule has 1 amide bonds. The van der Waals surface area contributed by atoms with Gasteiger partial charge in [0.25, 0.3) is 0 Å². The van der Waals surface area contributed by atoms with E-state index in [0.717, 1.165) is 11.1 Å². The van der Waals surface area contributed by atoms with E-state index in [2.05, 4.69) is 0 Å². The van der Waals surface area contributed by atoms with Gasteiger partial charge in [0.2, 0.25) is 5.91 Å². The highest BCUT2D eigenvalue weighted by Gasteiger charge is 2.37. The standard InChI is InChI=1S/C23H24FNO3/c1-4-20-22(23(27)28-3)19(16-10-7-11-18(24)12-16)13-21(26)25(20)14-17-9-6-5-8-15(17)2/h5-12,19H,4,13-14H2,1-3H3. The zero-order valence-electron chi connectivity index (χ0n) is 16.4. The quantitative estimate of drug-likeness (QED) is 0.717. The van der Waals surface area contributed by atoms with Crippen molar-refractivity contribution in [3.63, 3.8) is 0 Å². The zero-order valence-corrected chi connectivity index (χ0v) is 16.4. The molecular weight excluding hydrogens is 357 g/mol. The highest BCUT2D eigenvalue weighted by atomic mass is 19.1. The molecule has 0 fully saturated rings. The van der Waals surface area contributed by atoms with Gasteiger partial charge in [-0.05, 0) is 42.2 Å². The van der Waals surface area contributed by atoms with E-state index in [4.69, 9.17) is 4.74 Å². The monoisotopic (exact) mass is 381 g/mol. The second-order valence-electron chi connectivity index (χ2n) is 6.92. The number of halogens is 1. The van der Waals surface area contributed by atoms with E-state index in [-0.39, 0.29) is 12.3 Å². The topological polar surface area (TPSA) is 46.6 Å². The molecule has 1 heterocycles. The van der Waals surface area contributed by atoms with Gasteiger partial charge in [0, 0.05) is 18.0 Å². The molecule has 1 unspecified atom stereocenters. The third kappa shape index (κ3) is 3.84. The Kier molecular flexibility index (Phi) is 5.93. The maximum absolute atomic E-state index is 13.8.